The summed E-state index contributed by atoms with van der Waals surface area (Å²) in [5.74, 6) is 1.73. The highest BCUT2D eigenvalue weighted by molar-refractivity contribution is 7.91. The molecule has 2 heterocycles. The fourth-order valence-corrected chi connectivity index (χ4v) is 4.71. The summed E-state index contributed by atoms with van der Waals surface area (Å²) in [5, 5.41) is 12.0. The Labute approximate surface area is 147 Å². The van der Waals surface area contributed by atoms with Gasteiger partial charge in [-0.2, -0.15) is 5.26 Å². The van der Waals surface area contributed by atoms with Crippen LogP contribution in [-0.2, 0) is 9.84 Å². The second kappa shape index (κ2) is 7.07. The summed E-state index contributed by atoms with van der Waals surface area (Å²) in [7, 11) is -2.95. The van der Waals surface area contributed by atoms with E-state index in [1.54, 1.807) is 12.1 Å². The van der Waals surface area contributed by atoms with Crippen molar-refractivity contribution < 1.29 is 8.42 Å². The molecule has 7 nitrogen and oxygen atoms in total. The molecule has 0 amide bonds. The van der Waals surface area contributed by atoms with E-state index in [0.29, 0.717) is 30.2 Å². The number of hydrogen-bond acceptors (Lipinski definition) is 7. The summed E-state index contributed by atoms with van der Waals surface area (Å²) in [4.78, 5) is 10.5. The van der Waals surface area contributed by atoms with E-state index in [-0.39, 0.29) is 17.5 Å². The number of nitrogens with one attached hydrogen (secondary N) is 1. The van der Waals surface area contributed by atoms with Gasteiger partial charge < -0.3 is 10.2 Å². The largest absolute Gasteiger partial charge is 0.353 e. The Hall–Kier alpha value is -2.66. The molecule has 8 heteroatoms. The summed E-state index contributed by atoms with van der Waals surface area (Å²) < 4.78 is 23.5. The molecule has 1 atom stereocenters. The number of benzene rings is 1. The molecular formula is C17H19N5O2S. The molecule has 0 aliphatic carbocycles. The topological polar surface area (TPSA) is 99.0 Å². The zero-order valence-corrected chi connectivity index (χ0v) is 14.7. The normalized spacial score (nSPS) is 18.5. The minimum absolute atomic E-state index is 0.0485. The van der Waals surface area contributed by atoms with Crippen molar-refractivity contribution in [1.82, 2.24) is 9.97 Å². The Morgan fingerprint density at radius 2 is 2.08 bits per heavy atom. The Bertz CT molecular complexity index is 890. The Kier molecular flexibility index (Phi) is 4.86. The highest BCUT2D eigenvalue weighted by Gasteiger charge is 2.32. The molecule has 1 aliphatic heterocycles. The molecule has 25 heavy (non-hydrogen) atoms. The summed E-state index contributed by atoms with van der Waals surface area (Å²) in [6.45, 7) is 2.66. The van der Waals surface area contributed by atoms with Crippen LogP contribution in [0.3, 0.4) is 0 Å². The van der Waals surface area contributed by atoms with Gasteiger partial charge in [0.2, 0.25) is 0 Å². The third-order valence-corrected chi connectivity index (χ3v) is 5.97. The number of sulfone groups is 1. The molecule has 1 aromatic heterocycles. The number of aromatic nitrogens is 2. The first kappa shape index (κ1) is 17.2. The maximum Gasteiger partial charge on any atom is 0.152 e. The molecule has 1 fully saturated rings. The van der Waals surface area contributed by atoms with Crippen molar-refractivity contribution >= 4 is 27.2 Å². The van der Waals surface area contributed by atoms with Crippen LogP contribution in [0.25, 0.3) is 0 Å². The second-order valence-corrected chi connectivity index (χ2v) is 8.15. The lowest BCUT2D eigenvalue weighted by Crippen LogP contribution is -2.36. The highest BCUT2D eigenvalue weighted by atomic mass is 32.2. The number of rotatable bonds is 5. The van der Waals surface area contributed by atoms with E-state index in [1.807, 2.05) is 30.0 Å². The van der Waals surface area contributed by atoms with Crippen LogP contribution in [-0.4, -0.2) is 42.5 Å². The van der Waals surface area contributed by atoms with Gasteiger partial charge in [-0.15, -0.1) is 0 Å². The van der Waals surface area contributed by atoms with E-state index in [0.717, 1.165) is 5.69 Å². The van der Waals surface area contributed by atoms with E-state index in [9.17, 15) is 8.42 Å². The van der Waals surface area contributed by atoms with Crippen LogP contribution in [0.15, 0.2) is 36.7 Å². The summed E-state index contributed by atoms with van der Waals surface area (Å²) in [5.41, 5.74) is 1.41. The highest BCUT2D eigenvalue weighted by Crippen LogP contribution is 2.25. The van der Waals surface area contributed by atoms with Crippen molar-refractivity contribution in [1.29, 1.82) is 5.26 Å². The Morgan fingerprint density at radius 1 is 1.32 bits per heavy atom. The molecule has 1 aromatic carbocycles. The van der Waals surface area contributed by atoms with Gasteiger partial charge in [0.25, 0.3) is 0 Å². The lowest BCUT2D eigenvalue weighted by molar-refractivity contribution is 0.599. The standard InChI is InChI=1S/C17H19N5O2S/c1-2-22(15-7-8-25(23,24)11-15)17-9-16(19-12-20-17)21-14-5-3-13(10-18)4-6-14/h3-6,9,12,15H,2,7-8,11H2,1H3,(H,19,20,21). The first-order valence-electron chi connectivity index (χ1n) is 8.07. The molecule has 1 N–H and O–H groups in total. The average Bonchev–Trinajstić information content (AvgIpc) is 2.96. The molecule has 0 spiro atoms. The van der Waals surface area contributed by atoms with Gasteiger partial charge in [0.15, 0.2) is 9.84 Å². The third-order valence-electron chi connectivity index (χ3n) is 4.22. The monoisotopic (exact) mass is 357 g/mol. The minimum Gasteiger partial charge on any atom is -0.353 e. The zero-order chi connectivity index (χ0) is 17.9. The van der Waals surface area contributed by atoms with Crippen molar-refractivity contribution in [2.45, 2.75) is 19.4 Å². The molecular weight excluding hydrogens is 338 g/mol. The molecule has 0 radical (unpaired) electrons. The van der Waals surface area contributed by atoms with Crippen LogP contribution in [0.2, 0.25) is 0 Å². The number of hydrogen-bond donors (Lipinski definition) is 1. The van der Waals surface area contributed by atoms with Crippen molar-refractivity contribution in [3.63, 3.8) is 0 Å². The molecule has 1 unspecified atom stereocenters. The molecule has 0 saturated carbocycles. The summed E-state index contributed by atoms with van der Waals surface area (Å²) >= 11 is 0. The summed E-state index contributed by atoms with van der Waals surface area (Å²) in [6.07, 6.45) is 2.09. The smallest absolute Gasteiger partial charge is 0.152 e. The third kappa shape index (κ3) is 4.06. The maximum absolute atomic E-state index is 11.8. The molecule has 2 aromatic rings. The average molecular weight is 357 g/mol. The quantitative estimate of drug-likeness (QED) is 0.875. The maximum atomic E-state index is 11.8. The van der Waals surface area contributed by atoms with Gasteiger partial charge in [0.1, 0.15) is 18.0 Å². The molecule has 0 bridgehead atoms. The van der Waals surface area contributed by atoms with Crippen LogP contribution in [0.1, 0.15) is 18.9 Å². The number of nitrogens with zero attached hydrogens (tertiary/aromatic N) is 4. The predicted molar refractivity (Wildman–Crippen MR) is 96.6 cm³/mol. The van der Waals surface area contributed by atoms with Gasteiger partial charge >= 0.3 is 0 Å². The van der Waals surface area contributed by atoms with Crippen LogP contribution in [0.4, 0.5) is 17.3 Å². The van der Waals surface area contributed by atoms with Crippen LogP contribution < -0.4 is 10.2 Å². The van der Waals surface area contributed by atoms with E-state index in [1.165, 1.54) is 6.33 Å². The Balaban J connectivity index is 1.79. The van der Waals surface area contributed by atoms with Crippen molar-refractivity contribution in [2.24, 2.45) is 0 Å². The van der Waals surface area contributed by atoms with Gasteiger partial charge in [-0.25, -0.2) is 18.4 Å². The van der Waals surface area contributed by atoms with Crippen LogP contribution >= 0.6 is 0 Å². The predicted octanol–water partition coefficient (Wildman–Crippen LogP) is 2.11. The fourth-order valence-electron chi connectivity index (χ4n) is 2.98. The molecule has 130 valence electrons. The fraction of sp³-hybridized carbons (Fsp3) is 0.353. The lowest BCUT2D eigenvalue weighted by Gasteiger charge is -2.28. The second-order valence-electron chi connectivity index (χ2n) is 5.92. The van der Waals surface area contributed by atoms with Crippen LogP contribution in [0, 0.1) is 11.3 Å². The molecule has 3 rings (SSSR count). The number of anilines is 3. The SMILES string of the molecule is CCN(c1cc(Nc2ccc(C#N)cc2)ncn1)C1CCS(=O)(=O)C1. The zero-order valence-electron chi connectivity index (χ0n) is 13.9. The van der Waals surface area contributed by atoms with Gasteiger partial charge in [0.05, 0.1) is 23.1 Å². The first-order chi connectivity index (χ1) is 12.0. The molecule has 1 aliphatic rings. The van der Waals surface area contributed by atoms with E-state index >= 15 is 0 Å². The van der Waals surface area contributed by atoms with Gasteiger partial charge in [-0.05, 0) is 37.6 Å². The van der Waals surface area contributed by atoms with Gasteiger partial charge in [-0.1, -0.05) is 0 Å². The van der Waals surface area contributed by atoms with Crippen molar-refractivity contribution in [3.8, 4) is 6.07 Å². The van der Waals surface area contributed by atoms with E-state index in [2.05, 4.69) is 21.4 Å². The Morgan fingerprint density at radius 3 is 2.68 bits per heavy atom. The lowest BCUT2D eigenvalue weighted by atomic mass is 10.2. The van der Waals surface area contributed by atoms with E-state index in [4.69, 9.17) is 5.26 Å². The molecule has 1 saturated heterocycles. The summed E-state index contributed by atoms with van der Waals surface area (Å²) in [6, 6.07) is 10.9. The number of nitriles is 1. The minimum atomic E-state index is -2.95. The van der Waals surface area contributed by atoms with Crippen LogP contribution in [0.5, 0.6) is 0 Å². The van der Waals surface area contributed by atoms with Crippen molar-refractivity contribution in [2.75, 3.05) is 28.3 Å². The first-order valence-corrected chi connectivity index (χ1v) is 9.89. The van der Waals surface area contributed by atoms with E-state index < -0.39 is 9.84 Å². The van der Waals surface area contributed by atoms with Gasteiger partial charge in [-0.3, -0.25) is 0 Å². The van der Waals surface area contributed by atoms with Gasteiger partial charge in [0, 0.05) is 24.3 Å². The van der Waals surface area contributed by atoms with Crippen molar-refractivity contribution in [3.05, 3.63) is 42.2 Å².